The van der Waals surface area contributed by atoms with Gasteiger partial charge in [-0.1, -0.05) is 17.4 Å². The van der Waals surface area contributed by atoms with Crippen molar-refractivity contribution in [2.24, 2.45) is 11.7 Å². The Hall–Kier alpha value is -1.18. The molecular formula is C9H11F3N4S. The highest BCUT2D eigenvalue weighted by Gasteiger charge is 2.33. The van der Waals surface area contributed by atoms with Crippen LogP contribution in [0.2, 0.25) is 0 Å². The number of alkyl halides is 3. The van der Waals surface area contributed by atoms with Gasteiger partial charge >= 0.3 is 6.18 Å². The minimum atomic E-state index is -4.32. The fourth-order valence-corrected chi connectivity index (χ4v) is 1.78. The smallest absolute Gasteiger partial charge is 0.388 e. The molecule has 0 aromatic carbocycles. The standard InChI is InChI=1S/C9H11F3N4S/c10-9(11,12)4-16-6(3-5-1-2-5)7(8(13)17)14-15-16/h5H,1-4H2,(H2,13,17). The molecule has 1 saturated carbocycles. The van der Waals surface area contributed by atoms with Crippen molar-refractivity contribution in [1.29, 1.82) is 0 Å². The Kier molecular flexibility index (Phi) is 3.07. The molecule has 0 aliphatic heterocycles. The number of thiocarbonyl (C=S) groups is 1. The molecule has 1 aromatic rings. The van der Waals surface area contributed by atoms with Crippen LogP contribution in [0.1, 0.15) is 24.2 Å². The van der Waals surface area contributed by atoms with Crippen molar-refractivity contribution >= 4 is 17.2 Å². The van der Waals surface area contributed by atoms with E-state index in [4.69, 9.17) is 18.0 Å². The third kappa shape index (κ3) is 3.15. The van der Waals surface area contributed by atoms with Gasteiger partial charge in [0.2, 0.25) is 0 Å². The average Bonchev–Trinajstić information content (AvgIpc) is 2.88. The zero-order chi connectivity index (χ0) is 12.6. The Bertz CT molecular complexity index is 436. The Morgan fingerprint density at radius 2 is 2.12 bits per heavy atom. The summed E-state index contributed by atoms with van der Waals surface area (Å²) in [4.78, 5) is -0.00549. The number of rotatable bonds is 4. The van der Waals surface area contributed by atoms with Crippen LogP contribution in [0, 0.1) is 5.92 Å². The van der Waals surface area contributed by atoms with E-state index in [1.807, 2.05) is 0 Å². The second-order valence-electron chi connectivity index (χ2n) is 4.17. The molecule has 0 amide bonds. The molecule has 4 nitrogen and oxygen atoms in total. The average molecular weight is 264 g/mol. The van der Waals surface area contributed by atoms with Crippen molar-refractivity contribution in [3.05, 3.63) is 11.4 Å². The molecule has 1 aromatic heterocycles. The Morgan fingerprint density at radius 3 is 2.59 bits per heavy atom. The monoisotopic (exact) mass is 264 g/mol. The van der Waals surface area contributed by atoms with Crippen LogP contribution in [0.15, 0.2) is 0 Å². The second kappa shape index (κ2) is 4.25. The van der Waals surface area contributed by atoms with Gasteiger partial charge in [-0.2, -0.15) is 13.2 Å². The zero-order valence-electron chi connectivity index (χ0n) is 8.87. The second-order valence-corrected chi connectivity index (χ2v) is 4.61. The predicted octanol–water partition coefficient (Wildman–Crippen LogP) is 1.43. The molecule has 2 N–H and O–H groups in total. The van der Waals surface area contributed by atoms with Crippen molar-refractivity contribution in [3.63, 3.8) is 0 Å². The Morgan fingerprint density at radius 1 is 1.47 bits per heavy atom. The topological polar surface area (TPSA) is 56.7 Å². The maximum absolute atomic E-state index is 12.3. The lowest BCUT2D eigenvalue weighted by Gasteiger charge is -2.09. The van der Waals surface area contributed by atoms with Gasteiger partial charge in [0.1, 0.15) is 17.2 Å². The first kappa shape index (κ1) is 12.3. The highest BCUT2D eigenvalue weighted by Crippen LogP contribution is 2.33. The predicted molar refractivity (Wildman–Crippen MR) is 58.4 cm³/mol. The van der Waals surface area contributed by atoms with E-state index in [1.54, 1.807) is 0 Å². The summed E-state index contributed by atoms with van der Waals surface area (Å²) in [5, 5.41) is 7.11. The zero-order valence-corrected chi connectivity index (χ0v) is 9.68. The molecule has 2 rings (SSSR count). The third-order valence-corrected chi connectivity index (χ3v) is 2.77. The quantitative estimate of drug-likeness (QED) is 0.836. The molecule has 1 heterocycles. The molecule has 1 aliphatic carbocycles. The van der Waals surface area contributed by atoms with Crippen LogP contribution in [-0.2, 0) is 13.0 Å². The van der Waals surface area contributed by atoms with Gasteiger partial charge in [-0.05, 0) is 25.2 Å². The summed E-state index contributed by atoms with van der Waals surface area (Å²) in [6, 6.07) is 0. The fraction of sp³-hybridized carbons (Fsp3) is 0.667. The molecular weight excluding hydrogens is 253 g/mol. The van der Waals surface area contributed by atoms with E-state index in [9.17, 15) is 13.2 Å². The van der Waals surface area contributed by atoms with Gasteiger partial charge in [-0.15, -0.1) is 5.10 Å². The number of nitrogens with zero attached hydrogens (tertiary/aromatic N) is 3. The van der Waals surface area contributed by atoms with Crippen molar-refractivity contribution in [2.45, 2.75) is 32.0 Å². The van der Waals surface area contributed by atoms with Crippen LogP contribution in [0.4, 0.5) is 13.2 Å². The lowest BCUT2D eigenvalue weighted by molar-refractivity contribution is -0.143. The molecule has 0 atom stereocenters. The van der Waals surface area contributed by atoms with Gasteiger partial charge in [-0.25, -0.2) is 4.68 Å². The maximum Gasteiger partial charge on any atom is 0.408 e. The Labute approximate surface area is 101 Å². The van der Waals surface area contributed by atoms with Crippen LogP contribution < -0.4 is 5.73 Å². The van der Waals surface area contributed by atoms with Crippen molar-refractivity contribution < 1.29 is 13.2 Å². The number of aromatic nitrogens is 3. The lowest BCUT2D eigenvalue weighted by Crippen LogP contribution is -2.22. The lowest BCUT2D eigenvalue weighted by atomic mass is 10.2. The van der Waals surface area contributed by atoms with Crippen LogP contribution in [0.5, 0.6) is 0 Å². The van der Waals surface area contributed by atoms with Gasteiger partial charge in [-0.3, -0.25) is 0 Å². The van der Waals surface area contributed by atoms with Crippen LogP contribution in [0.25, 0.3) is 0 Å². The third-order valence-electron chi connectivity index (χ3n) is 2.58. The van der Waals surface area contributed by atoms with Crippen molar-refractivity contribution in [1.82, 2.24) is 15.0 Å². The van der Waals surface area contributed by atoms with Gasteiger partial charge in [0, 0.05) is 0 Å². The molecule has 94 valence electrons. The van der Waals surface area contributed by atoms with Gasteiger partial charge < -0.3 is 5.73 Å². The normalized spacial score (nSPS) is 16.2. The highest BCUT2D eigenvalue weighted by molar-refractivity contribution is 7.80. The summed E-state index contributed by atoms with van der Waals surface area (Å²) in [6.45, 7) is -1.15. The molecule has 0 radical (unpaired) electrons. The summed E-state index contributed by atoms with van der Waals surface area (Å²) < 4.78 is 37.9. The van der Waals surface area contributed by atoms with E-state index >= 15 is 0 Å². The fourth-order valence-electron chi connectivity index (χ4n) is 1.62. The van der Waals surface area contributed by atoms with Crippen molar-refractivity contribution in [2.75, 3.05) is 0 Å². The maximum atomic E-state index is 12.3. The van der Waals surface area contributed by atoms with E-state index in [0.717, 1.165) is 17.5 Å². The van der Waals surface area contributed by atoms with Crippen LogP contribution in [-0.4, -0.2) is 26.2 Å². The van der Waals surface area contributed by atoms with Gasteiger partial charge in [0.25, 0.3) is 0 Å². The largest absolute Gasteiger partial charge is 0.408 e. The number of hydrogen-bond donors (Lipinski definition) is 1. The molecule has 1 aliphatic rings. The van der Waals surface area contributed by atoms with E-state index in [0.29, 0.717) is 18.0 Å². The molecule has 0 saturated heterocycles. The summed E-state index contributed by atoms with van der Waals surface area (Å²) in [5.74, 6) is 0.411. The number of hydrogen-bond acceptors (Lipinski definition) is 3. The number of nitrogens with two attached hydrogens (primary N) is 1. The molecule has 0 unspecified atom stereocenters. The summed E-state index contributed by atoms with van der Waals surface area (Å²) in [5.41, 5.74) is 6.04. The molecule has 0 spiro atoms. The van der Waals surface area contributed by atoms with Crippen molar-refractivity contribution in [3.8, 4) is 0 Å². The minimum absolute atomic E-state index is 0.00549. The summed E-state index contributed by atoms with van der Waals surface area (Å²) in [7, 11) is 0. The summed E-state index contributed by atoms with van der Waals surface area (Å²) >= 11 is 4.76. The van der Waals surface area contributed by atoms with Crippen LogP contribution in [0.3, 0.4) is 0 Å². The Balaban J connectivity index is 2.27. The first-order valence-corrected chi connectivity index (χ1v) is 5.56. The van der Waals surface area contributed by atoms with Gasteiger partial charge in [0.15, 0.2) is 0 Å². The highest BCUT2D eigenvalue weighted by atomic mass is 32.1. The number of halogens is 3. The van der Waals surface area contributed by atoms with E-state index in [2.05, 4.69) is 10.3 Å². The minimum Gasteiger partial charge on any atom is -0.388 e. The van der Waals surface area contributed by atoms with Gasteiger partial charge in [0.05, 0.1) is 5.69 Å². The summed E-state index contributed by atoms with van der Waals surface area (Å²) in [6.07, 6.45) is -1.77. The SMILES string of the molecule is NC(=S)c1nnn(CC(F)(F)F)c1CC1CC1. The first-order chi connectivity index (χ1) is 7.87. The molecule has 1 fully saturated rings. The van der Waals surface area contributed by atoms with E-state index in [1.165, 1.54) is 0 Å². The first-order valence-electron chi connectivity index (χ1n) is 5.16. The molecule has 0 bridgehead atoms. The van der Waals surface area contributed by atoms with Crippen LogP contribution >= 0.6 is 12.2 Å². The molecule has 8 heteroatoms. The van der Waals surface area contributed by atoms with E-state index < -0.39 is 12.7 Å². The molecule has 17 heavy (non-hydrogen) atoms. The van der Waals surface area contributed by atoms with E-state index in [-0.39, 0.29) is 10.7 Å².